The molecule has 5 heteroatoms. The van der Waals surface area contributed by atoms with Gasteiger partial charge >= 0.3 is 5.97 Å². The lowest BCUT2D eigenvalue weighted by Gasteiger charge is -2.33. The van der Waals surface area contributed by atoms with Crippen LogP contribution in [0.5, 0.6) is 0 Å². The van der Waals surface area contributed by atoms with Crippen molar-refractivity contribution >= 4 is 11.9 Å². The van der Waals surface area contributed by atoms with E-state index >= 15 is 0 Å². The van der Waals surface area contributed by atoms with E-state index in [2.05, 4.69) is 5.32 Å². The first-order valence-corrected chi connectivity index (χ1v) is 7.05. The summed E-state index contributed by atoms with van der Waals surface area (Å²) in [6, 6.07) is 0. The average molecular weight is 268 g/mol. The Kier molecular flexibility index (Phi) is 3.85. The molecule has 5 nitrogen and oxygen atoms in total. The molecule has 1 unspecified atom stereocenters. The smallest absolute Gasteiger partial charge is 0.307 e. The molecule has 0 aromatic rings. The molecule has 2 fully saturated rings. The number of carbonyl (C=O) groups excluding carboxylic acids is 1. The summed E-state index contributed by atoms with van der Waals surface area (Å²) in [6.07, 6.45) is 2.16. The van der Waals surface area contributed by atoms with Gasteiger partial charge in [0.1, 0.15) is 0 Å². The second-order valence-corrected chi connectivity index (χ2v) is 6.47. The summed E-state index contributed by atoms with van der Waals surface area (Å²) in [5.41, 5.74) is -0.390. The molecule has 1 aliphatic carbocycles. The largest absolute Gasteiger partial charge is 0.481 e. The molecule has 0 radical (unpaired) electrons. The predicted octanol–water partition coefficient (Wildman–Crippen LogP) is 0.801. The van der Waals surface area contributed by atoms with Gasteiger partial charge in [0.25, 0.3) is 0 Å². The molecule has 1 aliphatic heterocycles. The minimum atomic E-state index is -0.841. The number of nitrogens with zero attached hydrogens (tertiary/aromatic N) is 1. The second kappa shape index (κ2) is 5.12. The van der Waals surface area contributed by atoms with Gasteiger partial charge in [-0.15, -0.1) is 0 Å². The number of nitrogens with one attached hydrogen (secondary N) is 1. The number of rotatable bonds is 4. The van der Waals surface area contributed by atoms with E-state index in [9.17, 15) is 9.59 Å². The highest BCUT2D eigenvalue weighted by molar-refractivity contribution is 5.91. The van der Waals surface area contributed by atoms with Gasteiger partial charge in [0, 0.05) is 13.1 Å². The molecule has 1 amide bonds. The molecular formula is C14H24N2O3. The number of carboxylic acid groups (broad SMARTS) is 1. The van der Waals surface area contributed by atoms with Gasteiger partial charge in [-0.25, -0.2) is 0 Å². The van der Waals surface area contributed by atoms with Gasteiger partial charge in [-0.05, 0) is 37.8 Å². The van der Waals surface area contributed by atoms with E-state index in [4.69, 9.17) is 5.11 Å². The number of carboxylic acids is 1. The van der Waals surface area contributed by atoms with Gasteiger partial charge in [0.05, 0.1) is 11.8 Å². The Morgan fingerprint density at radius 3 is 2.58 bits per heavy atom. The van der Waals surface area contributed by atoms with Gasteiger partial charge in [-0.3, -0.25) is 9.59 Å². The van der Waals surface area contributed by atoms with Crippen LogP contribution in [0.4, 0.5) is 0 Å². The van der Waals surface area contributed by atoms with Crippen LogP contribution >= 0.6 is 0 Å². The monoisotopic (exact) mass is 268 g/mol. The van der Waals surface area contributed by atoms with E-state index in [1.165, 1.54) is 0 Å². The van der Waals surface area contributed by atoms with E-state index in [-0.39, 0.29) is 11.8 Å². The summed E-state index contributed by atoms with van der Waals surface area (Å²) in [5.74, 6) is -1.15. The molecule has 1 heterocycles. The number of hydrogen-bond acceptors (Lipinski definition) is 3. The summed E-state index contributed by atoms with van der Waals surface area (Å²) in [7, 11) is 1.92. The van der Waals surface area contributed by atoms with Gasteiger partial charge in [-0.2, -0.15) is 0 Å². The second-order valence-electron chi connectivity index (χ2n) is 6.47. The quantitative estimate of drug-likeness (QED) is 0.791. The zero-order chi connectivity index (χ0) is 14.2. The van der Waals surface area contributed by atoms with Crippen LogP contribution in [0.1, 0.15) is 26.7 Å². The van der Waals surface area contributed by atoms with Crippen LogP contribution in [0.2, 0.25) is 0 Å². The summed E-state index contributed by atoms with van der Waals surface area (Å²) < 4.78 is 0. The normalized spacial score (nSPS) is 33.0. The first-order valence-electron chi connectivity index (χ1n) is 7.05. The van der Waals surface area contributed by atoms with Crippen LogP contribution in [0.15, 0.2) is 0 Å². The Bertz CT molecular complexity index is 379. The van der Waals surface area contributed by atoms with Crippen molar-refractivity contribution in [2.75, 3.05) is 26.7 Å². The van der Waals surface area contributed by atoms with E-state index in [0.29, 0.717) is 5.92 Å². The number of amides is 1. The molecule has 0 aromatic carbocycles. The highest BCUT2D eigenvalue weighted by Gasteiger charge is 2.66. The van der Waals surface area contributed by atoms with Crippen molar-refractivity contribution in [3.63, 3.8) is 0 Å². The van der Waals surface area contributed by atoms with Crippen LogP contribution in [0, 0.1) is 23.2 Å². The molecule has 0 spiro atoms. The Hall–Kier alpha value is -1.10. The highest BCUT2D eigenvalue weighted by Crippen LogP contribution is 2.59. The fourth-order valence-electron chi connectivity index (χ4n) is 3.48. The molecule has 1 saturated heterocycles. The summed E-state index contributed by atoms with van der Waals surface area (Å²) in [5, 5.41) is 12.3. The Balaban J connectivity index is 1.99. The van der Waals surface area contributed by atoms with E-state index in [0.717, 1.165) is 32.5 Å². The third kappa shape index (κ3) is 2.61. The summed E-state index contributed by atoms with van der Waals surface area (Å²) >= 11 is 0. The summed E-state index contributed by atoms with van der Waals surface area (Å²) in [6.45, 7) is 6.21. The van der Waals surface area contributed by atoms with Crippen LogP contribution in [0.3, 0.4) is 0 Å². The Morgan fingerprint density at radius 1 is 1.37 bits per heavy atom. The lowest BCUT2D eigenvalue weighted by Crippen LogP contribution is -2.43. The maximum absolute atomic E-state index is 12.5. The highest BCUT2D eigenvalue weighted by atomic mass is 16.4. The van der Waals surface area contributed by atoms with Crippen molar-refractivity contribution in [3.8, 4) is 0 Å². The van der Waals surface area contributed by atoms with Crippen LogP contribution in [-0.2, 0) is 9.59 Å². The molecule has 0 bridgehead atoms. The first kappa shape index (κ1) is 14.3. The van der Waals surface area contributed by atoms with Crippen LogP contribution in [-0.4, -0.2) is 48.6 Å². The molecule has 2 rings (SSSR count). The van der Waals surface area contributed by atoms with E-state index in [1.807, 2.05) is 25.8 Å². The van der Waals surface area contributed by atoms with Crippen molar-refractivity contribution in [1.29, 1.82) is 0 Å². The topological polar surface area (TPSA) is 69.6 Å². The fourth-order valence-corrected chi connectivity index (χ4v) is 3.48. The zero-order valence-corrected chi connectivity index (χ0v) is 12.0. The molecule has 1 saturated carbocycles. The van der Waals surface area contributed by atoms with Crippen LogP contribution < -0.4 is 5.32 Å². The van der Waals surface area contributed by atoms with Crippen molar-refractivity contribution in [2.24, 2.45) is 23.2 Å². The maximum Gasteiger partial charge on any atom is 0.307 e. The Morgan fingerprint density at radius 2 is 2.05 bits per heavy atom. The van der Waals surface area contributed by atoms with Crippen molar-refractivity contribution in [3.05, 3.63) is 0 Å². The number of carbonyl (C=O) groups is 2. The predicted molar refractivity (Wildman–Crippen MR) is 71.6 cm³/mol. The van der Waals surface area contributed by atoms with Gasteiger partial charge in [-0.1, -0.05) is 13.8 Å². The summed E-state index contributed by atoms with van der Waals surface area (Å²) in [4.78, 5) is 25.5. The van der Waals surface area contributed by atoms with E-state index < -0.39 is 17.3 Å². The van der Waals surface area contributed by atoms with Gasteiger partial charge in [0.2, 0.25) is 5.91 Å². The Labute approximate surface area is 114 Å². The minimum absolute atomic E-state index is 0.0400. The number of piperidine rings is 1. The lowest BCUT2D eigenvalue weighted by molar-refractivity contribution is -0.142. The van der Waals surface area contributed by atoms with Crippen molar-refractivity contribution in [1.82, 2.24) is 10.2 Å². The van der Waals surface area contributed by atoms with E-state index in [1.54, 1.807) is 0 Å². The third-order valence-corrected chi connectivity index (χ3v) is 4.68. The van der Waals surface area contributed by atoms with Gasteiger partial charge in [0.15, 0.2) is 0 Å². The number of aliphatic carboxylic acids is 1. The van der Waals surface area contributed by atoms with Crippen molar-refractivity contribution in [2.45, 2.75) is 26.7 Å². The van der Waals surface area contributed by atoms with Gasteiger partial charge < -0.3 is 15.3 Å². The van der Waals surface area contributed by atoms with Crippen molar-refractivity contribution < 1.29 is 14.7 Å². The molecule has 19 heavy (non-hydrogen) atoms. The average Bonchev–Trinajstić information content (AvgIpc) is 2.92. The van der Waals surface area contributed by atoms with Crippen LogP contribution in [0.25, 0.3) is 0 Å². The molecular weight excluding hydrogens is 244 g/mol. The zero-order valence-electron chi connectivity index (χ0n) is 12.0. The molecule has 2 N–H and O–H groups in total. The lowest BCUT2D eigenvalue weighted by atomic mass is 9.97. The number of likely N-dealkylation sites (tertiary alicyclic amines) is 1. The molecule has 0 aromatic heterocycles. The SMILES string of the molecule is CNCC1CCCN(C(=O)[C@H]2[C@@H](C(=O)O)C2(C)C)C1. The fraction of sp³-hybridized carbons (Fsp3) is 0.857. The maximum atomic E-state index is 12.5. The first-order chi connectivity index (χ1) is 8.89. The molecule has 3 atom stereocenters. The molecule has 108 valence electrons. The minimum Gasteiger partial charge on any atom is -0.481 e. The standard InChI is InChI=1S/C14H24N2O3/c1-14(2)10(11(14)13(18)19)12(17)16-6-4-5-9(8-16)7-15-3/h9-11,15H,4-8H2,1-3H3,(H,18,19)/t9?,10-,11+/m1/s1. The number of hydrogen-bond donors (Lipinski definition) is 2. The third-order valence-electron chi connectivity index (χ3n) is 4.68. The molecule has 2 aliphatic rings.